The number of carbonyl (C=O) groups excluding carboxylic acids is 3. The fourth-order valence-corrected chi connectivity index (χ4v) is 6.20. The Morgan fingerprint density at radius 1 is 0.754 bits per heavy atom. The summed E-state index contributed by atoms with van der Waals surface area (Å²) in [6.07, 6.45) is 5.52. The lowest BCUT2D eigenvalue weighted by Crippen LogP contribution is -2.44. The smallest absolute Gasteiger partial charge is 0.410 e. The molecule has 0 atom stereocenters. The van der Waals surface area contributed by atoms with Gasteiger partial charge in [-0.25, -0.2) is 23.5 Å². The summed E-state index contributed by atoms with van der Waals surface area (Å²) in [6, 6.07) is 8.58. The van der Waals surface area contributed by atoms with Crippen molar-refractivity contribution in [1.29, 1.82) is 0 Å². The minimum absolute atomic E-state index is 0.00161. The van der Waals surface area contributed by atoms with Crippen LogP contribution in [0.1, 0.15) is 78.3 Å². The van der Waals surface area contributed by atoms with Crippen molar-refractivity contribution < 1.29 is 37.4 Å². The number of nitrogens with zero attached hydrogens (tertiary/aromatic N) is 5. The number of piperidine rings is 2. The first kappa shape index (κ1) is 42.0. The summed E-state index contributed by atoms with van der Waals surface area (Å²) < 4.78 is 43.9. The third kappa shape index (κ3) is 10.8. The summed E-state index contributed by atoms with van der Waals surface area (Å²) in [5, 5.41) is 9.66. The minimum atomic E-state index is -0.715. The molecule has 7 N–H and O–H groups in total. The van der Waals surface area contributed by atoms with Gasteiger partial charge in [-0.3, -0.25) is 9.59 Å². The lowest BCUT2D eigenvalue weighted by molar-refractivity contribution is 0.0210. The van der Waals surface area contributed by atoms with E-state index in [1.807, 2.05) is 20.8 Å². The highest BCUT2D eigenvalue weighted by atomic mass is 19.1. The average molecular weight is 791 g/mol. The number of anilines is 4. The number of methoxy groups -OCH3 is 2. The summed E-state index contributed by atoms with van der Waals surface area (Å²) in [5.41, 5.74) is 11.0. The molecule has 0 saturated carbocycles. The number of carbonyl (C=O) groups is 3. The van der Waals surface area contributed by atoms with Crippen LogP contribution in [-0.4, -0.2) is 101 Å². The van der Waals surface area contributed by atoms with E-state index in [-0.39, 0.29) is 69.5 Å². The molecule has 2 aliphatic heterocycles. The zero-order valence-corrected chi connectivity index (χ0v) is 32.5. The second-order valence-electron chi connectivity index (χ2n) is 14.3. The summed E-state index contributed by atoms with van der Waals surface area (Å²) in [4.78, 5) is 56.0. The van der Waals surface area contributed by atoms with E-state index in [1.165, 1.54) is 63.0 Å². The van der Waals surface area contributed by atoms with Crippen LogP contribution in [0.15, 0.2) is 48.8 Å². The molecule has 0 bridgehead atoms. The van der Waals surface area contributed by atoms with E-state index >= 15 is 0 Å². The third-order valence-electron chi connectivity index (χ3n) is 9.12. The maximum absolute atomic E-state index is 14.2. The van der Waals surface area contributed by atoms with E-state index in [2.05, 4.69) is 35.9 Å². The number of nitrogens with one attached hydrogen (secondary N) is 3. The maximum atomic E-state index is 14.2. The molecule has 2 saturated heterocycles. The first-order valence-corrected chi connectivity index (χ1v) is 18.4. The Bertz CT molecular complexity index is 2070. The van der Waals surface area contributed by atoms with Gasteiger partial charge < -0.3 is 46.5 Å². The number of ketones is 2. The average Bonchev–Trinajstić information content (AvgIpc) is 3.17. The van der Waals surface area contributed by atoms with Crippen molar-refractivity contribution >= 4 is 41.2 Å². The Kier molecular flexibility index (Phi) is 13.7. The van der Waals surface area contributed by atoms with Crippen molar-refractivity contribution in [2.24, 2.45) is 0 Å². The maximum Gasteiger partial charge on any atom is 0.410 e. The van der Waals surface area contributed by atoms with Crippen molar-refractivity contribution in [2.75, 3.05) is 62.5 Å². The van der Waals surface area contributed by atoms with E-state index in [9.17, 15) is 23.2 Å². The highest BCUT2D eigenvalue weighted by Gasteiger charge is 2.28. The van der Waals surface area contributed by atoms with Crippen molar-refractivity contribution in [3.8, 4) is 11.5 Å². The Labute approximate surface area is 329 Å². The largest absolute Gasteiger partial charge is 0.496 e. The lowest BCUT2D eigenvalue weighted by atomic mass is 10.0. The minimum Gasteiger partial charge on any atom is -0.496 e. The van der Waals surface area contributed by atoms with E-state index < -0.39 is 28.8 Å². The second-order valence-corrected chi connectivity index (χ2v) is 14.3. The Hall–Kier alpha value is -6.17. The van der Waals surface area contributed by atoms with Gasteiger partial charge in [-0.1, -0.05) is 12.1 Å². The van der Waals surface area contributed by atoms with E-state index in [4.69, 9.17) is 25.7 Å². The summed E-state index contributed by atoms with van der Waals surface area (Å²) in [6.45, 7) is 8.41. The quantitative estimate of drug-likeness (QED) is 0.136. The monoisotopic (exact) mass is 790 g/mol. The molecule has 2 aromatic heterocycles. The first-order chi connectivity index (χ1) is 27.2. The molecule has 57 heavy (non-hydrogen) atoms. The van der Waals surface area contributed by atoms with Crippen LogP contribution < -0.4 is 36.9 Å². The standard InChI is InChI=1S/C22H28FN5O4.C17H20FN5O2/c1-22(2,3)32-21(30)28-10-8-13(9-11-28)26-20-25-12-14(19(24)27-20)18(29)17-15(23)6-5-7-16(17)31-4;1-25-13-4-2-3-12(18)14(13)15(24)11-9-21-17(23-16(11)19)22-10-5-7-20-8-6-10/h5-7,12-13H,8-11H2,1-4H3,(H3,24,25,26,27);2-4,9-10,20H,5-8H2,1H3,(H3,19,21,22,23). The van der Waals surface area contributed by atoms with Crippen LogP contribution in [0.25, 0.3) is 0 Å². The van der Waals surface area contributed by atoms with Crippen LogP contribution in [0.3, 0.4) is 0 Å². The number of ether oxygens (including phenoxy) is 3. The van der Waals surface area contributed by atoms with E-state index in [0.717, 1.165) is 25.9 Å². The number of rotatable bonds is 10. The van der Waals surface area contributed by atoms with Gasteiger partial charge in [0, 0.05) is 37.6 Å². The molecule has 2 aromatic carbocycles. The normalized spacial score (nSPS) is 14.8. The lowest BCUT2D eigenvalue weighted by Gasteiger charge is -2.33. The summed E-state index contributed by atoms with van der Waals surface area (Å²) >= 11 is 0. The Balaban J connectivity index is 0.000000224. The molecule has 18 heteroatoms. The van der Waals surface area contributed by atoms with Gasteiger partial charge in [-0.2, -0.15) is 9.97 Å². The second kappa shape index (κ2) is 18.6. The number of hydrogen-bond acceptors (Lipinski definition) is 15. The zero-order valence-electron chi connectivity index (χ0n) is 32.5. The number of nitrogens with two attached hydrogens (primary N) is 2. The van der Waals surface area contributed by atoms with E-state index in [0.29, 0.717) is 31.9 Å². The van der Waals surface area contributed by atoms with Gasteiger partial charge in [0.15, 0.2) is 0 Å². The van der Waals surface area contributed by atoms with Gasteiger partial charge in [-0.15, -0.1) is 0 Å². The number of aromatic nitrogens is 4. The van der Waals surface area contributed by atoms with Gasteiger partial charge in [0.25, 0.3) is 0 Å². The molecular formula is C39H48F2N10O6. The van der Waals surface area contributed by atoms with Crippen LogP contribution >= 0.6 is 0 Å². The molecule has 4 heterocycles. The molecule has 2 fully saturated rings. The summed E-state index contributed by atoms with van der Waals surface area (Å²) in [5.74, 6) is -1.86. The molecule has 4 aromatic rings. The van der Waals surface area contributed by atoms with Crippen molar-refractivity contribution in [1.82, 2.24) is 30.2 Å². The zero-order chi connectivity index (χ0) is 41.3. The Morgan fingerprint density at radius 3 is 1.60 bits per heavy atom. The molecular weight excluding hydrogens is 742 g/mol. The number of likely N-dealkylation sites (tertiary alicyclic amines) is 1. The summed E-state index contributed by atoms with van der Waals surface area (Å²) in [7, 11) is 2.73. The molecule has 16 nitrogen and oxygen atoms in total. The van der Waals surface area contributed by atoms with Crippen molar-refractivity contribution in [3.63, 3.8) is 0 Å². The van der Waals surface area contributed by atoms with Crippen LogP contribution in [0.4, 0.5) is 37.1 Å². The Morgan fingerprint density at radius 2 is 1.19 bits per heavy atom. The predicted molar refractivity (Wildman–Crippen MR) is 210 cm³/mol. The topological polar surface area (TPSA) is 222 Å². The molecule has 0 spiro atoms. The molecule has 0 radical (unpaired) electrons. The van der Waals surface area contributed by atoms with Gasteiger partial charge in [0.1, 0.15) is 51.5 Å². The van der Waals surface area contributed by atoms with E-state index in [1.54, 1.807) is 4.90 Å². The SMILES string of the molecule is COc1cccc(F)c1C(=O)c1cnc(NC2CCN(C(=O)OC(C)(C)C)CC2)nc1N.COc1cccc(F)c1C(=O)c1cnc(NC2CCNCC2)nc1N. The first-order valence-electron chi connectivity index (χ1n) is 18.4. The molecule has 304 valence electrons. The van der Waals surface area contributed by atoms with Gasteiger partial charge in [0.2, 0.25) is 23.5 Å². The van der Waals surface area contributed by atoms with Crippen LogP contribution in [0.5, 0.6) is 11.5 Å². The number of hydrogen-bond donors (Lipinski definition) is 5. The molecule has 2 aliphatic rings. The molecule has 6 rings (SSSR count). The van der Waals surface area contributed by atoms with Crippen molar-refractivity contribution in [2.45, 2.75) is 64.1 Å². The molecule has 1 amide bonds. The molecule has 0 unspecified atom stereocenters. The van der Waals surface area contributed by atoms with Gasteiger partial charge in [-0.05, 0) is 83.8 Å². The van der Waals surface area contributed by atoms with Crippen LogP contribution in [0.2, 0.25) is 0 Å². The third-order valence-corrected chi connectivity index (χ3v) is 9.12. The fourth-order valence-electron chi connectivity index (χ4n) is 6.20. The van der Waals surface area contributed by atoms with Gasteiger partial charge >= 0.3 is 6.09 Å². The molecule has 0 aliphatic carbocycles. The number of benzene rings is 2. The van der Waals surface area contributed by atoms with Crippen molar-refractivity contribution in [3.05, 3.63) is 82.7 Å². The van der Waals surface area contributed by atoms with Gasteiger partial charge in [0.05, 0.1) is 25.3 Å². The predicted octanol–water partition coefficient (Wildman–Crippen LogP) is 4.85. The van der Waals surface area contributed by atoms with Crippen LogP contribution in [-0.2, 0) is 4.74 Å². The highest BCUT2D eigenvalue weighted by Crippen LogP contribution is 2.28. The number of nitrogen functional groups attached to an aromatic ring is 2. The number of amides is 1. The number of halogens is 2. The fraction of sp³-hybridized carbons (Fsp3) is 0.410. The highest BCUT2D eigenvalue weighted by molar-refractivity contribution is 6.14. The van der Waals surface area contributed by atoms with Crippen LogP contribution in [0, 0.1) is 11.6 Å².